The minimum Gasteiger partial charge on any atom is -0.493 e. The normalized spacial score (nSPS) is 19.1. The third-order valence-electron chi connectivity index (χ3n) is 4.98. The molecule has 1 heterocycles. The molecule has 1 aliphatic heterocycles. The summed E-state index contributed by atoms with van der Waals surface area (Å²) in [7, 11) is -1.89. The van der Waals surface area contributed by atoms with Crippen molar-refractivity contribution in [1.82, 2.24) is 0 Å². The highest BCUT2D eigenvalue weighted by atomic mass is 32.2. The number of rotatable bonds is 6. The molecule has 1 aliphatic carbocycles. The molecular formula is C22H22FNO4S. The fraction of sp³-hybridized carbons (Fsp3) is 0.273. The van der Waals surface area contributed by atoms with Crippen molar-refractivity contribution in [3.63, 3.8) is 0 Å². The molecular weight excluding hydrogens is 393 g/mol. The molecule has 1 atom stereocenters. The Morgan fingerprint density at radius 2 is 1.90 bits per heavy atom. The van der Waals surface area contributed by atoms with E-state index in [-0.39, 0.29) is 4.90 Å². The summed E-state index contributed by atoms with van der Waals surface area (Å²) in [5, 5.41) is 0. The average Bonchev–Trinajstić information content (AvgIpc) is 3.54. The van der Waals surface area contributed by atoms with Crippen molar-refractivity contribution in [1.29, 1.82) is 0 Å². The first-order valence-electron chi connectivity index (χ1n) is 9.34. The van der Waals surface area contributed by atoms with Crippen LogP contribution in [-0.2, 0) is 9.84 Å². The maximum absolute atomic E-state index is 13.5. The monoisotopic (exact) mass is 415 g/mol. The van der Waals surface area contributed by atoms with Gasteiger partial charge in [-0.25, -0.2) is 12.8 Å². The number of benzene rings is 2. The third kappa shape index (κ3) is 4.29. The standard InChI is InChI=1S/C22H22FNO4S/c1-27-21-12-17(23)9-10-20(21)28-22-11-8-16(15-6-7-15)14-24(22)18-4-3-5-19(13-18)29(2,25)26/h3-5,8-15,22H,6-7H2,1-2H3. The molecule has 0 aromatic heterocycles. The van der Waals surface area contributed by atoms with E-state index in [1.54, 1.807) is 18.2 Å². The van der Waals surface area contributed by atoms with Crippen molar-refractivity contribution in [3.05, 3.63) is 72.2 Å². The second kappa shape index (κ2) is 7.55. The number of halogens is 1. The van der Waals surface area contributed by atoms with Gasteiger partial charge < -0.3 is 14.4 Å². The van der Waals surface area contributed by atoms with Gasteiger partial charge in [-0.15, -0.1) is 0 Å². The van der Waals surface area contributed by atoms with E-state index in [0.717, 1.165) is 12.8 Å². The lowest BCUT2D eigenvalue weighted by Crippen LogP contribution is -2.36. The highest BCUT2D eigenvalue weighted by molar-refractivity contribution is 7.90. The topological polar surface area (TPSA) is 55.8 Å². The minimum absolute atomic E-state index is 0.240. The highest BCUT2D eigenvalue weighted by Gasteiger charge is 2.30. The van der Waals surface area contributed by atoms with Crippen LogP contribution in [0.5, 0.6) is 11.5 Å². The Labute approximate surface area is 170 Å². The van der Waals surface area contributed by atoms with Gasteiger partial charge in [0, 0.05) is 24.2 Å². The van der Waals surface area contributed by atoms with Crippen LogP contribution in [0.4, 0.5) is 10.1 Å². The molecule has 7 heteroatoms. The van der Waals surface area contributed by atoms with Crippen molar-refractivity contribution >= 4 is 15.5 Å². The summed E-state index contributed by atoms with van der Waals surface area (Å²) in [4.78, 5) is 2.13. The zero-order chi connectivity index (χ0) is 20.6. The lowest BCUT2D eigenvalue weighted by atomic mass is 10.1. The Bertz CT molecular complexity index is 1090. The maximum Gasteiger partial charge on any atom is 0.196 e. The van der Waals surface area contributed by atoms with Gasteiger partial charge in [0.1, 0.15) is 5.82 Å². The quantitative estimate of drug-likeness (QED) is 0.704. The molecule has 2 aromatic carbocycles. The molecule has 1 fully saturated rings. The molecule has 29 heavy (non-hydrogen) atoms. The van der Waals surface area contributed by atoms with Crippen LogP contribution in [0.3, 0.4) is 0 Å². The molecule has 0 N–H and O–H groups in total. The van der Waals surface area contributed by atoms with Gasteiger partial charge in [-0.3, -0.25) is 0 Å². The van der Waals surface area contributed by atoms with Crippen molar-refractivity contribution in [2.45, 2.75) is 24.0 Å². The van der Waals surface area contributed by atoms with E-state index in [2.05, 4.69) is 0 Å². The molecule has 0 amide bonds. The number of anilines is 1. The molecule has 4 rings (SSSR count). The van der Waals surface area contributed by atoms with Crippen molar-refractivity contribution < 1.29 is 22.3 Å². The number of ether oxygens (including phenoxy) is 2. The molecule has 0 spiro atoms. The second-order valence-electron chi connectivity index (χ2n) is 7.24. The first-order chi connectivity index (χ1) is 13.8. The van der Waals surface area contributed by atoms with Crippen LogP contribution >= 0.6 is 0 Å². The zero-order valence-electron chi connectivity index (χ0n) is 16.2. The first kappa shape index (κ1) is 19.5. The molecule has 1 saturated carbocycles. The smallest absolute Gasteiger partial charge is 0.196 e. The number of nitrogens with zero attached hydrogens (tertiary/aromatic N) is 1. The van der Waals surface area contributed by atoms with E-state index in [0.29, 0.717) is 23.1 Å². The lowest BCUT2D eigenvalue weighted by Gasteiger charge is -2.32. The van der Waals surface area contributed by atoms with Gasteiger partial charge in [0.05, 0.1) is 12.0 Å². The third-order valence-corrected chi connectivity index (χ3v) is 6.09. The van der Waals surface area contributed by atoms with Gasteiger partial charge in [0.15, 0.2) is 27.6 Å². The number of methoxy groups -OCH3 is 1. The van der Waals surface area contributed by atoms with E-state index < -0.39 is 21.9 Å². The fourth-order valence-electron chi connectivity index (χ4n) is 3.28. The molecule has 1 unspecified atom stereocenters. The molecule has 0 bridgehead atoms. The number of sulfone groups is 1. The second-order valence-corrected chi connectivity index (χ2v) is 9.26. The molecule has 2 aliphatic rings. The van der Waals surface area contributed by atoms with Crippen LogP contribution in [0.2, 0.25) is 0 Å². The average molecular weight is 415 g/mol. The number of hydrogen-bond acceptors (Lipinski definition) is 5. The van der Waals surface area contributed by atoms with Crippen LogP contribution in [0, 0.1) is 11.7 Å². The SMILES string of the molecule is COc1cc(F)ccc1OC1C=CC(C2CC2)=CN1c1cccc(S(C)(=O)=O)c1. The predicted octanol–water partition coefficient (Wildman–Crippen LogP) is 4.31. The summed E-state index contributed by atoms with van der Waals surface area (Å²) in [5.74, 6) is 0.798. The van der Waals surface area contributed by atoms with E-state index in [4.69, 9.17) is 9.47 Å². The van der Waals surface area contributed by atoms with Gasteiger partial charge in [0.25, 0.3) is 0 Å². The largest absolute Gasteiger partial charge is 0.493 e. The summed E-state index contributed by atoms with van der Waals surface area (Å²) in [6, 6.07) is 10.9. The summed E-state index contributed by atoms with van der Waals surface area (Å²) >= 11 is 0. The first-order valence-corrected chi connectivity index (χ1v) is 11.2. The van der Waals surface area contributed by atoms with Crippen LogP contribution in [0.25, 0.3) is 0 Å². The lowest BCUT2D eigenvalue weighted by molar-refractivity contribution is 0.238. The van der Waals surface area contributed by atoms with E-state index >= 15 is 0 Å². The van der Waals surface area contributed by atoms with Crippen LogP contribution in [-0.4, -0.2) is 28.0 Å². The number of allylic oxidation sites excluding steroid dienone is 2. The summed E-state index contributed by atoms with van der Waals surface area (Å²) in [6.45, 7) is 0. The Morgan fingerprint density at radius 3 is 2.59 bits per heavy atom. The summed E-state index contributed by atoms with van der Waals surface area (Å²) < 4.78 is 48.9. The molecule has 0 radical (unpaired) electrons. The van der Waals surface area contributed by atoms with Gasteiger partial charge in [0.2, 0.25) is 0 Å². The Kier molecular flexibility index (Phi) is 5.08. The fourth-order valence-corrected chi connectivity index (χ4v) is 3.94. The predicted molar refractivity (Wildman–Crippen MR) is 109 cm³/mol. The van der Waals surface area contributed by atoms with Gasteiger partial charge in [-0.2, -0.15) is 0 Å². The Morgan fingerprint density at radius 1 is 1.10 bits per heavy atom. The van der Waals surface area contributed by atoms with Gasteiger partial charge >= 0.3 is 0 Å². The van der Waals surface area contributed by atoms with Crippen LogP contribution in [0.15, 0.2) is 71.3 Å². The van der Waals surface area contributed by atoms with Crippen LogP contribution < -0.4 is 14.4 Å². The molecule has 5 nitrogen and oxygen atoms in total. The maximum atomic E-state index is 13.5. The minimum atomic E-state index is -3.34. The van der Waals surface area contributed by atoms with Gasteiger partial charge in [-0.1, -0.05) is 12.1 Å². The molecule has 152 valence electrons. The van der Waals surface area contributed by atoms with Crippen LogP contribution in [0.1, 0.15) is 12.8 Å². The van der Waals surface area contributed by atoms with Crippen molar-refractivity contribution in [3.8, 4) is 11.5 Å². The Balaban J connectivity index is 1.71. The molecule has 0 saturated heterocycles. The van der Waals surface area contributed by atoms with Crippen molar-refractivity contribution in [2.75, 3.05) is 18.3 Å². The van der Waals surface area contributed by atoms with E-state index in [9.17, 15) is 12.8 Å². The highest BCUT2D eigenvalue weighted by Crippen LogP contribution is 2.40. The zero-order valence-corrected chi connectivity index (χ0v) is 17.0. The van der Waals surface area contributed by atoms with E-state index in [1.807, 2.05) is 29.3 Å². The summed E-state index contributed by atoms with van der Waals surface area (Å²) in [6.07, 6.45) is 8.89. The Hall–Kier alpha value is -2.80. The number of hydrogen-bond donors (Lipinski definition) is 0. The van der Waals surface area contributed by atoms with Gasteiger partial charge in [-0.05, 0) is 60.7 Å². The van der Waals surface area contributed by atoms with Crippen molar-refractivity contribution in [2.24, 2.45) is 5.92 Å². The van der Waals surface area contributed by atoms with E-state index in [1.165, 1.54) is 37.1 Å². The molecule has 2 aromatic rings. The summed E-state index contributed by atoms with van der Waals surface area (Å²) in [5.41, 5.74) is 1.88.